The Labute approximate surface area is 139 Å². The summed E-state index contributed by atoms with van der Waals surface area (Å²) >= 11 is 0. The molecule has 0 amide bonds. The Morgan fingerprint density at radius 2 is 1.83 bits per heavy atom. The first-order valence-electron chi connectivity index (χ1n) is 7.93. The van der Waals surface area contributed by atoms with Crippen LogP contribution in [-0.2, 0) is 12.0 Å². The lowest BCUT2D eigenvalue weighted by atomic mass is 9.82. The summed E-state index contributed by atoms with van der Waals surface area (Å²) in [5.41, 5.74) is 3.69. The Bertz CT molecular complexity index is 647. The number of aromatic nitrogens is 1. The molecule has 0 spiro atoms. The second-order valence-electron chi connectivity index (χ2n) is 6.30. The number of nitrogens with one attached hydrogen (secondary N) is 2. The normalized spacial score (nSPS) is 12.1. The molecule has 0 saturated heterocycles. The molecule has 0 unspecified atom stereocenters. The van der Waals surface area contributed by atoms with Crippen molar-refractivity contribution < 1.29 is 0 Å². The molecular weight excluding hydrogens is 284 g/mol. The molecule has 2 N–H and O–H groups in total. The molecule has 1 heterocycles. The molecule has 0 aliphatic heterocycles. The van der Waals surface area contributed by atoms with Gasteiger partial charge in [-0.3, -0.25) is 9.98 Å². The van der Waals surface area contributed by atoms with Crippen LogP contribution < -0.4 is 10.6 Å². The van der Waals surface area contributed by atoms with Crippen LogP contribution in [0.2, 0.25) is 0 Å². The first kappa shape index (κ1) is 17.0. The number of hydrogen-bond donors (Lipinski definition) is 2. The number of benzene rings is 1. The van der Waals surface area contributed by atoms with Gasteiger partial charge in [-0.2, -0.15) is 0 Å². The molecule has 2 aromatic rings. The number of aryl methyl sites for hydroxylation is 1. The van der Waals surface area contributed by atoms with Crippen molar-refractivity contribution in [2.45, 2.75) is 32.7 Å². The van der Waals surface area contributed by atoms with Crippen molar-refractivity contribution in [3.63, 3.8) is 0 Å². The highest BCUT2D eigenvalue weighted by molar-refractivity contribution is 5.79. The van der Waals surface area contributed by atoms with Crippen molar-refractivity contribution in [2.75, 3.05) is 13.6 Å². The van der Waals surface area contributed by atoms with E-state index in [2.05, 4.69) is 65.6 Å². The Kier molecular flexibility index (Phi) is 5.74. The predicted molar refractivity (Wildman–Crippen MR) is 96.6 cm³/mol. The number of hydrogen-bond acceptors (Lipinski definition) is 2. The van der Waals surface area contributed by atoms with Crippen LogP contribution in [0.1, 0.15) is 30.7 Å². The number of rotatable bonds is 5. The summed E-state index contributed by atoms with van der Waals surface area (Å²) in [5, 5.41) is 6.72. The highest BCUT2D eigenvalue weighted by Gasteiger charge is 2.22. The molecule has 0 atom stereocenters. The van der Waals surface area contributed by atoms with E-state index in [9.17, 15) is 0 Å². The lowest BCUT2D eigenvalue weighted by Crippen LogP contribution is -2.43. The van der Waals surface area contributed by atoms with Crippen LogP contribution in [0, 0.1) is 6.92 Å². The molecule has 0 aliphatic carbocycles. The largest absolute Gasteiger partial charge is 0.356 e. The van der Waals surface area contributed by atoms with Gasteiger partial charge in [0, 0.05) is 25.2 Å². The second-order valence-corrected chi connectivity index (χ2v) is 6.30. The van der Waals surface area contributed by atoms with Gasteiger partial charge in [0.15, 0.2) is 5.96 Å². The van der Waals surface area contributed by atoms with Gasteiger partial charge in [0.05, 0.1) is 12.2 Å². The lowest BCUT2D eigenvalue weighted by molar-refractivity contribution is 0.506. The van der Waals surface area contributed by atoms with Gasteiger partial charge in [0.25, 0.3) is 0 Å². The summed E-state index contributed by atoms with van der Waals surface area (Å²) in [7, 11) is 1.79. The minimum absolute atomic E-state index is 0.0218. The minimum atomic E-state index is 0.0218. The third kappa shape index (κ3) is 4.81. The van der Waals surface area contributed by atoms with Gasteiger partial charge >= 0.3 is 0 Å². The summed E-state index contributed by atoms with van der Waals surface area (Å²) in [5.74, 6) is 0.789. The standard InChI is InChI=1S/C19H26N4/c1-15-9-5-6-11-17(15)19(2,3)14-23-18(20-4)22-13-16-10-7-8-12-21-16/h5-12H,13-14H2,1-4H3,(H2,20,22,23). The van der Waals surface area contributed by atoms with Crippen LogP contribution in [0.3, 0.4) is 0 Å². The maximum Gasteiger partial charge on any atom is 0.191 e. The van der Waals surface area contributed by atoms with Gasteiger partial charge in [-0.1, -0.05) is 44.2 Å². The van der Waals surface area contributed by atoms with Crippen molar-refractivity contribution >= 4 is 5.96 Å². The molecule has 0 saturated carbocycles. The van der Waals surface area contributed by atoms with Crippen LogP contribution >= 0.6 is 0 Å². The number of pyridine rings is 1. The van der Waals surface area contributed by atoms with E-state index in [4.69, 9.17) is 0 Å². The Hall–Kier alpha value is -2.36. The lowest BCUT2D eigenvalue weighted by Gasteiger charge is -2.28. The zero-order chi connectivity index (χ0) is 16.7. The van der Waals surface area contributed by atoms with E-state index in [1.807, 2.05) is 18.2 Å². The van der Waals surface area contributed by atoms with Crippen molar-refractivity contribution in [3.8, 4) is 0 Å². The van der Waals surface area contributed by atoms with Gasteiger partial charge < -0.3 is 10.6 Å². The maximum atomic E-state index is 4.31. The third-order valence-corrected chi connectivity index (χ3v) is 3.96. The summed E-state index contributed by atoms with van der Waals surface area (Å²) in [6.07, 6.45) is 1.80. The molecule has 122 valence electrons. The monoisotopic (exact) mass is 310 g/mol. The van der Waals surface area contributed by atoms with E-state index >= 15 is 0 Å². The topological polar surface area (TPSA) is 49.3 Å². The summed E-state index contributed by atoms with van der Waals surface area (Å²) < 4.78 is 0. The molecule has 0 bridgehead atoms. The maximum absolute atomic E-state index is 4.31. The van der Waals surface area contributed by atoms with Gasteiger partial charge in [0.2, 0.25) is 0 Å². The van der Waals surface area contributed by atoms with Crippen LogP contribution in [0.25, 0.3) is 0 Å². The molecule has 0 aliphatic rings. The molecule has 1 aromatic heterocycles. The molecule has 23 heavy (non-hydrogen) atoms. The average molecular weight is 310 g/mol. The molecule has 4 nitrogen and oxygen atoms in total. The smallest absolute Gasteiger partial charge is 0.191 e. The van der Waals surface area contributed by atoms with Gasteiger partial charge in [-0.05, 0) is 30.2 Å². The van der Waals surface area contributed by atoms with Crippen LogP contribution in [0.5, 0.6) is 0 Å². The summed E-state index contributed by atoms with van der Waals surface area (Å²) in [4.78, 5) is 8.60. The summed E-state index contributed by atoms with van der Waals surface area (Å²) in [6.45, 7) is 8.11. The van der Waals surface area contributed by atoms with Gasteiger partial charge in [-0.25, -0.2) is 0 Å². The SMILES string of the molecule is CN=C(NCc1ccccn1)NCC(C)(C)c1ccccc1C. The number of nitrogens with zero attached hydrogens (tertiary/aromatic N) is 2. The fourth-order valence-corrected chi connectivity index (χ4v) is 2.63. The molecule has 2 rings (SSSR count). The fraction of sp³-hybridized carbons (Fsp3) is 0.368. The number of aliphatic imine (C=N–C) groups is 1. The third-order valence-electron chi connectivity index (χ3n) is 3.96. The zero-order valence-corrected chi connectivity index (χ0v) is 14.4. The van der Waals surface area contributed by atoms with Crippen LogP contribution in [0.4, 0.5) is 0 Å². The van der Waals surface area contributed by atoms with Crippen molar-refractivity contribution in [1.82, 2.24) is 15.6 Å². The molecule has 4 heteroatoms. The first-order valence-corrected chi connectivity index (χ1v) is 7.93. The number of guanidine groups is 1. The Balaban J connectivity index is 1.93. The van der Waals surface area contributed by atoms with E-state index < -0.39 is 0 Å². The Morgan fingerprint density at radius 3 is 2.48 bits per heavy atom. The quantitative estimate of drug-likeness (QED) is 0.659. The van der Waals surface area contributed by atoms with Crippen LogP contribution in [-0.4, -0.2) is 24.5 Å². The minimum Gasteiger partial charge on any atom is -0.356 e. The van der Waals surface area contributed by atoms with Crippen molar-refractivity contribution in [1.29, 1.82) is 0 Å². The summed E-state index contributed by atoms with van der Waals surface area (Å²) in [6, 6.07) is 14.4. The average Bonchev–Trinajstić information content (AvgIpc) is 2.56. The van der Waals surface area contributed by atoms with E-state index in [1.54, 1.807) is 13.2 Å². The van der Waals surface area contributed by atoms with E-state index in [-0.39, 0.29) is 5.41 Å². The van der Waals surface area contributed by atoms with Crippen LogP contribution in [0.15, 0.2) is 53.7 Å². The Morgan fingerprint density at radius 1 is 1.09 bits per heavy atom. The predicted octanol–water partition coefficient (Wildman–Crippen LogP) is 3.03. The van der Waals surface area contributed by atoms with E-state index in [1.165, 1.54) is 11.1 Å². The van der Waals surface area contributed by atoms with Gasteiger partial charge in [0.1, 0.15) is 0 Å². The fourth-order valence-electron chi connectivity index (χ4n) is 2.63. The van der Waals surface area contributed by atoms with E-state index in [0.29, 0.717) is 6.54 Å². The van der Waals surface area contributed by atoms with Crippen molar-refractivity contribution in [3.05, 3.63) is 65.5 Å². The van der Waals surface area contributed by atoms with Crippen molar-refractivity contribution in [2.24, 2.45) is 4.99 Å². The molecule has 0 radical (unpaired) electrons. The highest BCUT2D eigenvalue weighted by atomic mass is 15.2. The van der Waals surface area contributed by atoms with Gasteiger partial charge in [-0.15, -0.1) is 0 Å². The zero-order valence-electron chi connectivity index (χ0n) is 14.4. The molecule has 1 aromatic carbocycles. The first-order chi connectivity index (χ1) is 11.0. The molecular formula is C19H26N4. The second kappa shape index (κ2) is 7.77. The van der Waals surface area contributed by atoms with E-state index in [0.717, 1.165) is 18.2 Å². The highest BCUT2D eigenvalue weighted by Crippen LogP contribution is 2.25. The molecule has 0 fully saturated rings.